The maximum Gasteiger partial charge on any atom is 0.132 e. The van der Waals surface area contributed by atoms with E-state index in [-0.39, 0.29) is 12.4 Å². The number of rotatable bonds is 4. The zero-order valence-corrected chi connectivity index (χ0v) is 11.7. The lowest BCUT2D eigenvalue weighted by Gasteiger charge is -2.15. The molecule has 0 atom stereocenters. The molecule has 3 nitrogen and oxygen atoms in total. The van der Waals surface area contributed by atoms with Crippen LogP contribution in [0.4, 0.5) is 0 Å². The average Bonchev–Trinajstić information content (AvgIpc) is 2.47. The molecule has 104 valence electrons. The van der Waals surface area contributed by atoms with Gasteiger partial charge in [0.15, 0.2) is 0 Å². The smallest absolute Gasteiger partial charge is 0.132 e. The van der Waals surface area contributed by atoms with Crippen molar-refractivity contribution in [2.24, 2.45) is 4.99 Å². The van der Waals surface area contributed by atoms with Gasteiger partial charge >= 0.3 is 0 Å². The predicted octanol–water partition coefficient (Wildman–Crippen LogP) is 3.25. The molecule has 0 saturated heterocycles. The summed E-state index contributed by atoms with van der Waals surface area (Å²) in [5, 5.41) is 19.6. The summed E-state index contributed by atoms with van der Waals surface area (Å²) in [4.78, 5) is 4.31. The number of benzene rings is 2. The molecule has 0 radical (unpaired) electrons. The summed E-state index contributed by atoms with van der Waals surface area (Å²) in [5.74, 6) is 0.205. The van der Waals surface area contributed by atoms with Gasteiger partial charge < -0.3 is 10.2 Å². The molecule has 0 amide bonds. The maximum absolute atomic E-state index is 10.4. The van der Waals surface area contributed by atoms with E-state index in [4.69, 9.17) is 0 Å². The summed E-state index contributed by atoms with van der Waals surface area (Å²) in [5.41, 5.74) is 1.83. The van der Waals surface area contributed by atoms with Crippen molar-refractivity contribution in [2.45, 2.75) is 19.4 Å². The Kier molecular flexibility index (Phi) is 4.20. The molecule has 0 aromatic heterocycles. The van der Waals surface area contributed by atoms with Crippen LogP contribution in [0.25, 0.3) is 11.1 Å². The Balaban J connectivity index is 2.38. The number of nitrogens with zero attached hydrogens (tertiary/aromatic N) is 1. The molecule has 0 heterocycles. The van der Waals surface area contributed by atoms with Gasteiger partial charge in [-0.3, -0.25) is 4.99 Å². The van der Waals surface area contributed by atoms with Crippen molar-refractivity contribution in [3.63, 3.8) is 0 Å². The number of aliphatic hydroxyl groups is 1. The molecule has 0 bridgehead atoms. The van der Waals surface area contributed by atoms with Gasteiger partial charge in [-0.1, -0.05) is 42.5 Å². The molecule has 0 fully saturated rings. The Morgan fingerprint density at radius 1 is 1.05 bits per heavy atom. The van der Waals surface area contributed by atoms with Crippen molar-refractivity contribution in [3.8, 4) is 16.9 Å². The third-order valence-electron chi connectivity index (χ3n) is 3.09. The molecule has 3 heteroatoms. The van der Waals surface area contributed by atoms with Crippen molar-refractivity contribution in [1.82, 2.24) is 0 Å². The monoisotopic (exact) mass is 269 g/mol. The Morgan fingerprint density at radius 3 is 2.40 bits per heavy atom. The molecule has 2 aromatic rings. The molecule has 0 aliphatic rings. The SMILES string of the molecule is CC(C)(CO)N=Cc1cccc(-c2ccccc2)c1O. The molecule has 0 aliphatic heterocycles. The van der Waals surface area contributed by atoms with Gasteiger partial charge in [0.25, 0.3) is 0 Å². The van der Waals surface area contributed by atoms with E-state index in [9.17, 15) is 10.2 Å². The van der Waals surface area contributed by atoms with Crippen LogP contribution in [0.2, 0.25) is 0 Å². The molecular formula is C17H19NO2. The lowest BCUT2D eigenvalue weighted by molar-refractivity contribution is 0.223. The lowest BCUT2D eigenvalue weighted by atomic mass is 10.0. The van der Waals surface area contributed by atoms with Crippen molar-refractivity contribution >= 4 is 6.21 Å². The van der Waals surface area contributed by atoms with E-state index in [0.29, 0.717) is 5.56 Å². The topological polar surface area (TPSA) is 52.8 Å². The fraction of sp³-hybridized carbons (Fsp3) is 0.235. The molecule has 0 aliphatic carbocycles. The molecular weight excluding hydrogens is 250 g/mol. The van der Waals surface area contributed by atoms with Crippen molar-refractivity contribution in [3.05, 3.63) is 54.1 Å². The van der Waals surface area contributed by atoms with Crippen LogP contribution >= 0.6 is 0 Å². The van der Waals surface area contributed by atoms with E-state index in [2.05, 4.69) is 4.99 Å². The second kappa shape index (κ2) is 5.88. The van der Waals surface area contributed by atoms with E-state index < -0.39 is 5.54 Å². The van der Waals surface area contributed by atoms with E-state index in [1.807, 2.05) is 56.3 Å². The minimum atomic E-state index is -0.546. The summed E-state index contributed by atoms with van der Waals surface area (Å²) in [6, 6.07) is 15.3. The summed E-state index contributed by atoms with van der Waals surface area (Å²) >= 11 is 0. The van der Waals surface area contributed by atoms with Crippen LogP contribution in [0.1, 0.15) is 19.4 Å². The zero-order chi connectivity index (χ0) is 14.6. The second-order valence-corrected chi connectivity index (χ2v) is 5.34. The number of hydrogen-bond donors (Lipinski definition) is 2. The fourth-order valence-corrected chi connectivity index (χ4v) is 1.80. The van der Waals surface area contributed by atoms with Gasteiger partial charge in [0.05, 0.1) is 12.1 Å². The van der Waals surface area contributed by atoms with Gasteiger partial charge in [-0.05, 0) is 25.5 Å². The number of para-hydroxylation sites is 1. The highest BCUT2D eigenvalue weighted by Gasteiger charge is 2.13. The first-order valence-electron chi connectivity index (χ1n) is 6.57. The van der Waals surface area contributed by atoms with Crippen LogP contribution in [-0.2, 0) is 0 Å². The van der Waals surface area contributed by atoms with Crippen LogP contribution in [0.5, 0.6) is 5.75 Å². The van der Waals surface area contributed by atoms with E-state index in [0.717, 1.165) is 11.1 Å². The molecule has 2 aromatic carbocycles. The van der Waals surface area contributed by atoms with Gasteiger partial charge in [-0.15, -0.1) is 0 Å². The summed E-state index contributed by atoms with van der Waals surface area (Å²) in [6.45, 7) is 3.63. The Bertz CT molecular complexity index is 604. The highest BCUT2D eigenvalue weighted by molar-refractivity contribution is 5.88. The van der Waals surface area contributed by atoms with Crippen LogP contribution in [-0.4, -0.2) is 28.6 Å². The Labute approximate surface area is 119 Å². The Morgan fingerprint density at radius 2 is 1.75 bits per heavy atom. The first-order chi connectivity index (χ1) is 9.53. The second-order valence-electron chi connectivity index (χ2n) is 5.34. The van der Waals surface area contributed by atoms with Crippen LogP contribution in [0.3, 0.4) is 0 Å². The number of aromatic hydroxyl groups is 1. The molecule has 2 rings (SSSR count). The number of phenolic OH excluding ortho intramolecular Hbond substituents is 1. The quantitative estimate of drug-likeness (QED) is 0.837. The number of aliphatic hydroxyl groups excluding tert-OH is 1. The number of phenols is 1. The number of hydrogen-bond acceptors (Lipinski definition) is 3. The molecule has 0 spiro atoms. The maximum atomic E-state index is 10.4. The molecule has 20 heavy (non-hydrogen) atoms. The summed E-state index contributed by atoms with van der Waals surface area (Å²) in [6.07, 6.45) is 1.61. The van der Waals surface area contributed by atoms with Gasteiger partial charge in [-0.25, -0.2) is 0 Å². The van der Waals surface area contributed by atoms with Crippen LogP contribution in [0, 0.1) is 0 Å². The van der Waals surface area contributed by atoms with Gasteiger partial charge in [0.1, 0.15) is 5.75 Å². The fourth-order valence-electron chi connectivity index (χ4n) is 1.80. The minimum Gasteiger partial charge on any atom is -0.507 e. The van der Waals surface area contributed by atoms with Gasteiger partial charge in [-0.2, -0.15) is 0 Å². The summed E-state index contributed by atoms with van der Waals surface area (Å²) in [7, 11) is 0. The van der Waals surface area contributed by atoms with E-state index in [1.54, 1.807) is 12.3 Å². The zero-order valence-electron chi connectivity index (χ0n) is 11.7. The van der Waals surface area contributed by atoms with Crippen LogP contribution < -0.4 is 0 Å². The highest BCUT2D eigenvalue weighted by Crippen LogP contribution is 2.31. The largest absolute Gasteiger partial charge is 0.507 e. The van der Waals surface area contributed by atoms with Crippen molar-refractivity contribution < 1.29 is 10.2 Å². The van der Waals surface area contributed by atoms with Crippen molar-refractivity contribution in [2.75, 3.05) is 6.61 Å². The van der Waals surface area contributed by atoms with E-state index >= 15 is 0 Å². The summed E-state index contributed by atoms with van der Waals surface area (Å²) < 4.78 is 0. The standard InChI is InChI=1S/C17H19NO2/c1-17(2,12-19)18-11-14-9-6-10-15(16(14)20)13-7-4-3-5-8-13/h3-11,19-20H,12H2,1-2H3. The van der Waals surface area contributed by atoms with Gasteiger partial charge in [0, 0.05) is 17.3 Å². The molecule has 0 saturated carbocycles. The minimum absolute atomic E-state index is 0.0390. The average molecular weight is 269 g/mol. The number of aliphatic imine (C=N–C) groups is 1. The molecule has 0 unspecified atom stereocenters. The van der Waals surface area contributed by atoms with E-state index in [1.165, 1.54) is 0 Å². The lowest BCUT2D eigenvalue weighted by Crippen LogP contribution is -2.21. The predicted molar refractivity (Wildman–Crippen MR) is 82.3 cm³/mol. The van der Waals surface area contributed by atoms with Crippen LogP contribution in [0.15, 0.2) is 53.5 Å². The van der Waals surface area contributed by atoms with Crippen molar-refractivity contribution in [1.29, 1.82) is 0 Å². The molecule has 2 N–H and O–H groups in total. The Hall–Kier alpha value is -2.13. The highest BCUT2D eigenvalue weighted by atomic mass is 16.3. The first kappa shape index (κ1) is 14.3. The third kappa shape index (κ3) is 3.25. The third-order valence-corrected chi connectivity index (χ3v) is 3.09. The first-order valence-corrected chi connectivity index (χ1v) is 6.57. The normalized spacial score (nSPS) is 11.9. The van der Waals surface area contributed by atoms with Gasteiger partial charge in [0.2, 0.25) is 0 Å².